The number of phenols is 1. The van der Waals surface area contributed by atoms with Gasteiger partial charge < -0.3 is 9.84 Å². The molecule has 1 aromatic heterocycles. The zero-order valence-electron chi connectivity index (χ0n) is 9.86. The van der Waals surface area contributed by atoms with E-state index in [0.717, 1.165) is 10.2 Å². The molecule has 2 aromatic rings. The number of phenolic OH excluding ortho intramolecular Hbond substituents is 1. The normalized spacial score (nSPS) is 11.4. The molecule has 0 aliphatic rings. The van der Waals surface area contributed by atoms with Gasteiger partial charge in [0.15, 0.2) is 17.3 Å². The van der Waals surface area contributed by atoms with Crippen molar-refractivity contribution in [1.82, 2.24) is 8.96 Å². The number of rotatable bonds is 3. The average molecular weight is 268 g/mol. The molecule has 1 N–H and O–H groups in total. The zero-order valence-corrected chi connectivity index (χ0v) is 10.7. The number of aromatic hydroxyl groups is 1. The predicted molar refractivity (Wildman–Crippen MR) is 66.1 cm³/mol. The van der Waals surface area contributed by atoms with Gasteiger partial charge in [-0.2, -0.15) is 0 Å². The number of benzene rings is 1. The summed E-state index contributed by atoms with van der Waals surface area (Å²) in [7, 11) is -1.99. The highest BCUT2D eigenvalue weighted by Crippen LogP contribution is 2.30. The van der Waals surface area contributed by atoms with Crippen LogP contribution in [-0.2, 0) is 10.0 Å². The smallest absolute Gasteiger partial charge is 0.237 e. The molecule has 18 heavy (non-hydrogen) atoms. The van der Waals surface area contributed by atoms with Crippen LogP contribution in [0.2, 0.25) is 0 Å². The molecule has 0 fully saturated rings. The third-order valence-corrected chi connectivity index (χ3v) is 3.41. The Morgan fingerprint density at radius 3 is 2.67 bits per heavy atom. The standard InChI is InChI=1S/C11H12N2O4S/c1-17-10-4-3-8(7-9(10)14)11-12-5-6-13(11)18(2,15)16/h3-7,14H,1-2H3. The number of hydrogen-bond acceptors (Lipinski definition) is 5. The maximum Gasteiger partial charge on any atom is 0.237 e. The molecule has 0 saturated carbocycles. The minimum absolute atomic E-state index is 0.0712. The molecule has 0 unspecified atom stereocenters. The summed E-state index contributed by atoms with van der Waals surface area (Å²) in [5.74, 6) is 0.490. The van der Waals surface area contributed by atoms with Crippen LogP contribution in [0.3, 0.4) is 0 Å². The Morgan fingerprint density at radius 2 is 2.11 bits per heavy atom. The quantitative estimate of drug-likeness (QED) is 0.900. The van der Waals surface area contributed by atoms with Gasteiger partial charge in [0.25, 0.3) is 0 Å². The van der Waals surface area contributed by atoms with E-state index in [0.29, 0.717) is 11.3 Å². The first-order valence-electron chi connectivity index (χ1n) is 5.05. The molecule has 0 radical (unpaired) electrons. The van der Waals surface area contributed by atoms with E-state index in [1.165, 1.54) is 25.6 Å². The van der Waals surface area contributed by atoms with Crippen molar-refractivity contribution in [1.29, 1.82) is 0 Å². The van der Waals surface area contributed by atoms with Gasteiger partial charge in [-0.25, -0.2) is 17.4 Å². The van der Waals surface area contributed by atoms with Crippen LogP contribution in [0, 0.1) is 0 Å². The summed E-state index contributed by atoms with van der Waals surface area (Å²) >= 11 is 0. The van der Waals surface area contributed by atoms with Crippen LogP contribution in [0.1, 0.15) is 0 Å². The van der Waals surface area contributed by atoms with E-state index in [-0.39, 0.29) is 11.6 Å². The molecule has 0 bridgehead atoms. The molecule has 0 aliphatic heterocycles. The fourth-order valence-corrected chi connectivity index (χ4v) is 2.33. The highest BCUT2D eigenvalue weighted by molar-refractivity contribution is 7.89. The highest BCUT2D eigenvalue weighted by atomic mass is 32.2. The van der Waals surface area contributed by atoms with Crippen molar-refractivity contribution < 1.29 is 18.3 Å². The Labute approximate surface area is 105 Å². The number of imidazole rings is 1. The van der Waals surface area contributed by atoms with E-state index in [2.05, 4.69) is 4.98 Å². The second-order valence-corrected chi connectivity index (χ2v) is 5.56. The van der Waals surface area contributed by atoms with Gasteiger partial charge in [0, 0.05) is 18.0 Å². The summed E-state index contributed by atoms with van der Waals surface area (Å²) in [5, 5.41) is 9.67. The number of ether oxygens (including phenoxy) is 1. The zero-order chi connectivity index (χ0) is 13.3. The molecule has 0 saturated heterocycles. The molecular formula is C11H12N2O4S. The van der Waals surface area contributed by atoms with Crippen LogP contribution in [0.5, 0.6) is 11.5 Å². The summed E-state index contributed by atoms with van der Waals surface area (Å²) in [6.45, 7) is 0. The van der Waals surface area contributed by atoms with Crippen molar-refractivity contribution in [2.24, 2.45) is 0 Å². The lowest BCUT2D eigenvalue weighted by atomic mass is 10.2. The Kier molecular flexibility index (Phi) is 3.00. The highest BCUT2D eigenvalue weighted by Gasteiger charge is 2.14. The average Bonchev–Trinajstić information content (AvgIpc) is 2.77. The Bertz CT molecular complexity index is 676. The Balaban J connectivity index is 2.57. The molecule has 6 nitrogen and oxygen atoms in total. The minimum Gasteiger partial charge on any atom is -0.504 e. The second-order valence-electron chi connectivity index (χ2n) is 3.70. The third kappa shape index (κ3) is 2.17. The summed E-state index contributed by atoms with van der Waals surface area (Å²) in [6, 6.07) is 4.58. The molecule has 0 spiro atoms. The van der Waals surface area contributed by atoms with Gasteiger partial charge >= 0.3 is 0 Å². The van der Waals surface area contributed by atoms with Crippen molar-refractivity contribution in [3.63, 3.8) is 0 Å². The van der Waals surface area contributed by atoms with Gasteiger partial charge in [-0.1, -0.05) is 0 Å². The van der Waals surface area contributed by atoms with Crippen molar-refractivity contribution in [2.75, 3.05) is 13.4 Å². The van der Waals surface area contributed by atoms with E-state index in [1.54, 1.807) is 12.1 Å². The van der Waals surface area contributed by atoms with Gasteiger partial charge in [-0.15, -0.1) is 0 Å². The first-order chi connectivity index (χ1) is 8.43. The molecular weight excluding hydrogens is 256 g/mol. The van der Waals surface area contributed by atoms with Gasteiger partial charge in [-0.3, -0.25) is 0 Å². The molecule has 7 heteroatoms. The predicted octanol–water partition coefficient (Wildman–Crippen LogP) is 1.07. The molecule has 0 atom stereocenters. The number of methoxy groups -OCH3 is 1. The van der Waals surface area contributed by atoms with Gasteiger partial charge in [0.05, 0.1) is 13.4 Å². The van der Waals surface area contributed by atoms with Crippen molar-refractivity contribution >= 4 is 10.0 Å². The third-order valence-electron chi connectivity index (χ3n) is 2.40. The molecule has 1 heterocycles. The number of aromatic nitrogens is 2. The molecule has 2 rings (SSSR count). The lowest BCUT2D eigenvalue weighted by molar-refractivity contribution is 0.373. The molecule has 96 valence electrons. The van der Waals surface area contributed by atoms with Crippen molar-refractivity contribution in [3.8, 4) is 22.9 Å². The van der Waals surface area contributed by atoms with E-state index in [1.807, 2.05) is 0 Å². The van der Waals surface area contributed by atoms with Crippen molar-refractivity contribution in [2.45, 2.75) is 0 Å². The lowest BCUT2D eigenvalue weighted by Gasteiger charge is -2.07. The Hall–Kier alpha value is -2.02. The second kappa shape index (κ2) is 4.34. The first kappa shape index (κ1) is 12.4. The molecule has 0 aliphatic carbocycles. The van der Waals surface area contributed by atoms with Crippen LogP contribution in [0.15, 0.2) is 30.6 Å². The summed E-state index contributed by atoms with van der Waals surface area (Å²) in [4.78, 5) is 3.98. The maximum absolute atomic E-state index is 11.5. The summed E-state index contributed by atoms with van der Waals surface area (Å²) in [6.07, 6.45) is 3.82. The number of nitrogens with zero attached hydrogens (tertiary/aromatic N) is 2. The van der Waals surface area contributed by atoms with Crippen LogP contribution in [0.25, 0.3) is 11.4 Å². The van der Waals surface area contributed by atoms with Crippen LogP contribution >= 0.6 is 0 Å². The van der Waals surface area contributed by atoms with E-state index in [9.17, 15) is 13.5 Å². The maximum atomic E-state index is 11.5. The van der Waals surface area contributed by atoms with Crippen LogP contribution in [0.4, 0.5) is 0 Å². The summed E-state index contributed by atoms with van der Waals surface area (Å²) in [5.41, 5.74) is 0.490. The Morgan fingerprint density at radius 1 is 1.39 bits per heavy atom. The van der Waals surface area contributed by atoms with Crippen molar-refractivity contribution in [3.05, 3.63) is 30.6 Å². The van der Waals surface area contributed by atoms with Gasteiger partial charge in [0.1, 0.15) is 0 Å². The topological polar surface area (TPSA) is 81.4 Å². The monoisotopic (exact) mass is 268 g/mol. The van der Waals surface area contributed by atoms with E-state index in [4.69, 9.17) is 4.74 Å². The molecule has 0 amide bonds. The molecule has 1 aromatic carbocycles. The fraction of sp³-hybridized carbons (Fsp3) is 0.182. The van der Waals surface area contributed by atoms with E-state index >= 15 is 0 Å². The summed E-state index contributed by atoms with van der Waals surface area (Å²) < 4.78 is 29.0. The lowest BCUT2D eigenvalue weighted by Crippen LogP contribution is -2.10. The fourth-order valence-electron chi connectivity index (χ4n) is 1.59. The minimum atomic E-state index is -3.43. The number of hydrogen-bond donors (Lipinski definition) is 1. The van der Waals surface area contributed by atoms with Gasteiger partial charge in [-0.05, 0) is 18.2 Å². The van der Waals surface area contributed by atoms with Crippen LogP contribution < -0.4 is 4.74 Å². The van der Waals surface area contributed by atoms with E-state index < -0.39 is 10.0 Å². The first-order valence-corrected chi connectivity index (χ1v) is 6.89. The van der Waals surface area contributed by atoms with Crippen LogP contribution in [-0.4, -0.2) is 35.8 Å². The SMILES string of the molecule is COc1ccc(-c2nccn2S(C)(=O)=O)cc1O. The van der Waals surface area contributed by atoms with Gasteiger partial charge in [0.2, 0.25) is 10.0 Å². The largest absolute Gasteiger partial charge is 0.504 e.